The van der Waals surface area contributed by atoms with E-state index in [-0.39, 0.29) is 0 Å². The summed E-state index contributed by atoms with van der Waals surface area (Å²) >= 11 is 13.0. The monoisotopic (exact) mass is 229 g/mol. The van der Waals surface area contributed by atoms with Crippen molar-refractivity contribution >= 4 is 34.5 Å². The zero-order valence-electron chi connectivity index (χ0n) is 6.29. The molecule has 0 fully saturated rings. The zero-order valence-corrected chi connectivity index (χ0v) is 8.62. The van der Waals surface area contributed by atoms with Gasteiger partial charge in [0.05, 0.1) is 5.02 Å². The van der Waals surface area contributed by atoms with Crippen molar-refractivity contribution in [2.24, 2.45) is 0 Å². The molecule has 2 nitrogen and oxygen atoms in total. The van der Waals surface area contributed by atoms with Crippen LogP contribution in [0, 0.1) is 5.51 Å². The van der Waals surface area contributed by atoms with Crippen molar-refractivity contribution in [2.75, 3.05) is 0 Å². The minimum Gasteiger partial charge on any atom is -0.138 e. The SMILES string of the molecule is Clc1ccc(-c2nn[c]s2)c(Cl)c1. The van der Waals surface area contributed by atoms with Crippen molar-refractivity contribution in [3.63, 3.8) is 0 Å². The Bertz CT molecular complexity index is 414. The highest BCUT2D eigenvalue weighted by molar-refractivity contribution is 7.12. The van der Waals surface area contributed by atoms with Crippen LogP contribution in [0.15, 0.2) is 18.2 Å². The Morgan fingerprint density at radius 1 is 1.31 bits per heavy atom. The Hall–Kier alpha value is -0.640. The molecule has 2 aromatic rings. The number of halogens is 2. The third kappa shape index (κ3) is 1.82. The van der Waals surface area contributed by atoms with Gasteiger partial charge < -0.3 is 0 Å². The van der Waals surface area contributed by atoms with Crippen molar-refractivity contribution in [3.05, 3.63) is 33.8 Å². The third-order valence-corrected chi connectivity index (χ3v) is 2.70. The summed E-state index contributed by atoms with van der Waals surface area (Å²) in [7, 11) is 0. The van der Waals surface area contributed by atoms with E-state index in [1.807, 2.05) is 6.07 Å². The molecule has 1 aromatic carbocycles. The van der Waals surface area contributed by atoms with Crippen LogP contribution in [0.1, 0.15) is 0 Å². The molecule has 0 N–H and O–H groups in total. The first kappa shape index (κ1) is 8.94. The maximum absolute atomic E-state index is 5.96. The number of hydrogen-bond acceptors (Lipinski definition) is 3. The second-order valence-corrected chi connectivity index (χ2v) is 3.94. The Morgan fingerprint density at radius 3 is 2.77 bits per heavy atom. The van der Waals surface area contributed by atoms with Gasteiger partial charge in [-0.15, -0.1) is 10.2 Å². The molecular weight excluding hydrogens is 227 g/mol. The fourth-order valence-electron chi connectivity index (χ4n) is 0.922. The lowest BCUT2D eigenvalue weighted by Gasteiger charge is -1.98. The van der Waals surface area contributed by atoms with Crippen LogP contribution in [0.25, 0.3) is 10.6 Å². The van der Waals surface area contributed by atoms with Gasteiger partial charge in [0.15, 0.2) is 5.51 Å². The maximum Gasteiger partial charge on any atom is 0.178 e. The van der Waals surface area contributed by atoms with Crippen molar-refractivity contribution in [1.82, 2.24) is 10.2 Å². The fraction of sp³-hybridized carbons (Fsp3) is 0. The van der Waals surface area contributed by atoms with E-state index < -0.39 is 0 Å². The number of nitrogens with zero attached hydrogens (tertiary/aromatic N) is 2. The second-order valence-electron chi connectivity index (χ2n) is 2.32. The van der Waals surface area contributed by atoms with Crippen LogP contribution >= 0.6 is 34.5 Å². The van der Waals surface area contributed by atoms with Gasteiger partial charge in [-0.05, 0) is 18.2 Å². The summed E-state index contributed by atoms with van der Waals surface area (Å²) in [5, 5.41) is 9.42. The summed E-state index contributed by atoms with van der Waals surface area (Å²) in [5.41, 5.74) is 3.50. The van der Waals surface area contributed by atoms with E-state index in [1.54, 1.807) is 12.1 Å². The third-order valence-electron chi connectivity index (χ3n) is 1.49. The Balaban J connectivity index is 2.53. The lowest BCUT2D eigenvalue weighted by atomic mass is 10.2. The maximum atomic E-state index is 5.96. The summed E-state index contributed by atoms with van der Waals surface area (Å²) in [6, 6.07) is 5.27. The van der Waals surface area contributed by atoms with Crippen LogP contribution in [0.5, 0.6) is 0 Å². The summed E-state index contributed by atoms with van der Waals surface area (Å²) < 4.78 is 0. The first-order chi connectivity index (χ1) is 6.27. The highest BCUT2D eigenvalue weighted by atomic mass is 35.5. The van der Waals surface area contributed by atoms with Crippen molar-refractivity contribution < 1.29 is 0 Å². The standard InChI is InChI=1S/C8H3Cl2N2S/c9-5-1-2-6(7(10)3-5)8-12-11-4-13-8/h1-3H. The second kappa shape index (κ2) is 3.62. The lowest BCUT2D eigenvalue weighted by Crippen LogP contribution is -1.78. The van der Waals surface area contributed by atoms with Crippen LogP contribution < -0.4 is 0 Å². The van der Waals surface area contributed by atoms with E-state index in [0.717, 1.165) is 10.6 Å². The molecule has 0 bridgehead atoms. The van der Waals surface area contributed by atoms with E-state index in [9.17, 15) is 0 Å². The van der Waals surface area contributed by atoms with E-state index in [1.165, 1.54) is 11.3 Å². The van der Waals surface area contributed by atoms with E-state index in [4.69, 9.17) is 23.2 Å². The summed E-state index contributed by atoms with van der Waals surface area (Å²) in [5.74, 6) is 0. The molecule has 2 rings (SSSR count). The molecule has 0 atom stereocenters. The van der Waals surface area contributed by atoms with Crippen molar-refractivity contribution in [2.45, 2.75) is 0 Å². The van der Waals surface area contributed by atoms with Crippen LogP contribution in [0.2, 0.25) is 10.0 Å². The first-order valence-corrected chi connectivity index (χ1v) is 4.99. The topological polar surface area (TPSA) is 25.8 Å². The van der Waals surface area contributed by atoms with Crippen LogP contribution in [0.4, 0.5) is 0 Å². The van der Waals surface area contributed by atoms with Gasteiger partial charge in [-0.25, -0.2) is 0 Å². The Kier molecular flexibility index (Phi) is 2.49. The molecule has 13 heavy (non-hydrogen) atoms. The Labute approximate surface area is 89.1 Å². The highest BCUT2D eigenvalue weighted by Gasteiger charge is 2.06. The van der Waals surface area contributed by atoms with Gasteiger partial charge in [0, 0.05) is 10.6 Å². The van der Waals surface area contributed by atoms with Gasteiger partial charge in [-0.1, -0.05) is 34.5 Å². The van der Waals surface area contributed by atoms with Gasteiger partial charge in [0.1, 0.15) is 5.01 Å². The Morgan fingerprint density at radius 2 is 2.15 bits per heavy atom. The predicted octanol–water partition coefficient (Wildman–Crippen LogP) is 3.31. The normalized spacial score (nSPS) is 10.3. The molecule has 0 spiro atoms. The molecule has 0 saturated heterocycles. The minimum absolute atomic E-state index is 0.581. The van der Waals surface area contributed by atoms with E-state index >= 15 is 0 Å². The van der Waals surface area contributed by atoms with Gasteiger partial charge in [0.2, 0.25) is 0 Å². The van der Waals surface area contributed by atoms with E-state index in [0.29, 0.717) is 10.0 Å². The molecular formula is C8H3Cl2N2S. The van der Waals surface area contributed by atoms with Crippen LogP contribution in [0.3, 0.4) is 0 Å². The van der Waals surface area contributed by atoms with Gasteiger partial charge in [0.25, 0.3) is 0 Å². The van der Waals surface area contributed by atoms with Crippen LogP contribution in [-0.2, 0) is 0 Å². The number of benzene rings is 1. The first-order valence-electron chi connectivity index (χ1n) is 3.42. The largest absolute Gasteiger partial charge is 0.178 e. The minimum atomic E-state index is 0.581. The molecule has 1 radical (unpaired) electrons. The zero-order chi connectivity index (χ0) is 9.26. The summed E-state index contributed by atoms with van der Waals surface area (Å²) in [6.07, 6.45) is 0. The molecule has 1 aromatic heterocycles. The highest BCUT2D eigenvalue weighted by Crippen LogP contribution is 2.30. The molecule has 1 heterocycles. The van der Waals surface area contributed by atoms with Gasteiger partial charge in [-0.3, -0.25) is 0 Å². The fourth-order valence-corrected chi connectivity index (χ4v) is 2.01. The molecule has 0 saturated carbocycles. The van der Waals surface area contributed by atoms with Gasteiger partial charge in [-0.2, -0.15) is 0 Å². The van der Waals surface area contributed by atoms with Crippen LogP contribution in [-0.4, -0.2) is 10.2 Å². The quantitative estimate of drug-likeness (QED) is 0.750. The van der Waals surface area contributed by atoms with Crippen molar-refractivity contribution in [3.8, 4) is 10.6 Å². The predicted molar refractivity (Wildman–Crippen MR) is 54.2 cm³/mol. The summed E-state index contributed by atoms with van der Waals surface area (Å²) in [4.78, 5) is 0. The molecule has 65 valence electrons. The average Bonchev–Trinajstić information content (AvgIpc) is 2.56. The number of aromatic nitrogens is 2. The lowest BCUT2D eigenvalue weighted by molar-refractivity contribution is 1.09. The average molecular weight is 230 g/mol. The van der Waals surface area contributed by atoms with Crippen molar-refractivity contribution in [1.29, 1.82) is 0 Å². The summed E-state index contributed by atoms with van der Waals surface area (Å²) in [6.45, 7) is 0. The molecule has 5 heteroatoms. The molecule has 0 aliphatic rings. The van der Waals surface area contributed by atoms with Gasteiger partial charge >= 0.3 is 0 Å². The molecule has 0 unspecified atom stereocenters. The smallest absolute Gasteiger partial charge is 0.138 e. The molecule has 0 amide bonds. The molecule has 0 aliphatic carbocycles. The number of rotatable bonds is 1. The van der Waals surface area contributed by atoms with E-state index in [2.05, 4.69) is 15.7 Å². The number of hydrogen-bond donors (Lipinski definition) is 0. The molecule has 0 aliphatic heterocycles.